The van der Waals surface area contributed by atoms with Crippen LogP contribution < -0.4 is 5.73 Å². The Bertz CT molecular complexity index is 491. The molecule has 0 saturated heterocycles. The number of hydrogen-bond donors (Lipinski definition) is 1. The van der Waals surface area contributed by atoms with Crippen molar-refractivity contribution in [2.45, 2.75) is 32.9 Å². The number of nitrogen functional groups attached to an aromatic ring is 1. The lowest BCUT2D eigenvalue weighted by Crippen LogP contribution is -2.39. The maximum absolute atomic E-state index is 13.6. The zero-order valence-electron chi connectivity index (χ0n) is 11.9. The van der Waals surface area contributed by atoms with Gasteiger partial charge in [0.2, 0.25) is 0 Å². The highest BCUT2D eigenvalue weighted by Gasteiger charge is 2.33. The highest BCUT2D eigenvalue weighted by molar-refractivity contribution is 5.95. The second kappa shape index (κ2) is 6.78. The fraction of sp³-hybridized carbons (Fsp3) is 0.500. The highest BCUT2D eigenvalue weighted by atomic mass is 19.4. The van der Waals surface area contributed by atoms with E-state index in [2.05, 4.69) is 0 Å². The van der Waals surface area contributed by atoms with Crippen LogP contribution in [0.4, 0.5) is 23.2 Å². The lowest BCUT2D eigenvalue weighted by molar-refractivity contribution is -0.140. The molecule has 0 aliphatic carbocycles. The molecule has 118 valence electrons. The van der Waals surface area contributed by atoms with Gasteiger partial charge < -0.3 is 10.6 Å². The molecular weight excluding hydrogens is 288 g/mol. The van der Waals surface area contributed by atoms with E-state index in [0.717, 1.165) is 6.07 Å². The maximum Gasteiger partial charge on any atom is 0.406 e. The maximum atomic E-state index is 13.6. The van der Waals surface area contributed by atoms with Crippen molar-refractivity contribution >= 4 is 11.6 Å². The van der Waals surface area contributed by atoms with Crippen LogP contribution in [-0.4, -0.2) is 30.1 Å². The normalized spacial score (nSPS) is 11.5. The Kier molecular flexibility index (Phi) is 5.57. The Morgan fingerprint density at radius 2 is 1.95 bits per heavy atom. The number of carbonyl (C=O) groups is 1. The third-order valence-corrected chi connectivity index (χ3v) is 3.07. The number of nitrogens with two attached hydrogens (primary N) is 1. The summed E-state index contributed by atoms with van der Waals surface area (Å²) in [5.74, 6) is -1.58. The highest BCUT2D eigenvalue weighted by Crippen LogP contribution is 2.22. The molecule has 0 saturated carbocycles. The van der Waals surface area contributed by atoms with Gasteiger partial charge in [-0.25, -0.2) is 4.39 Å². The Labute approximate surface area is 120 Å². The molecule has 21 heavy (non-hydrogen) atoms. The van der Waals surface area contributed by atoms with E-state index >= 15 is 0 Å². The van der Waals surface area contributed by atoms with E-state index in [4.69, 9.17) is 5.73 Å². The van der Waals surface area contributed by atoms with Gasteiger partial charge in [-0.2, -0.15) is 13.2 Å². The van der Waals surface area contributed by atoms with Crippen LogP contribution in [0, 0.1) is 12.7 Å². The summed E-state index contributed by atoms with van der Waals surface area (Å²) in [6, 6.07) is 2.12. The van der Waals surface area contributed by atoms with Crippen molar-refractivity contribution in [3.8, 4) is 0 Å². The SMILES string of the molecule is CCCCN(CC(F)(F)F)C(=O)c1cc(N)c(C)c(F)c1. The minimum atomic E-state index is -4.50. The number of unbranched alkanes of at least 4 members (excludes halogenated alkanes) is 1. The lowest BCUT2D eigenvalue weighted by Gasteiger charge is -2.24. The average Bonchev–Trinajstić information content (AvgIpc) is 2.38. The molecule has 1 amide bonds. The molecule has 0 radical (unpaired) electrons. The van der Waals surface area contributed by atoms with Gasteiger partial charge in [0.1, 0.15) is 12.4 Å². The number of nitrogens with zero attached hydrogens (tertiary/aromatic N) is 1. The number of halogens is 4. The smallest absolute Gasteiger partial charge is 0.398 e. The van der Waals surface area contributed by atoms with E-state index in [1.54, 1.807) is 6.92 Å². The van der Waals surface area contributed by atoms with Crippen LogP contribution in [0.5, 0.6) is 0 Å². The van der Waals surface area contributed by atoms with Crippen molar-refractivity contribution in [3.05, 3.63) is 29.1 Å². The molecule has 0 unspecified atom stereocenters. The fourth-order valence-electron chi connectivity index (χ4n) is 1.82. The molecule has 3 nitrogen and oxygen atoms in total. The first-order valence-corrected chi connectivity index (χ1v) is 6.57. The number of carbonyl (C=O) groups excluding carboxylic acids is 1. The summed E-state index contributed by atoms with van der Waals surface area (Å²) in [5, 5.41) is 0. The quantitative estimate of drug-likeness (QED) is 0.668. The topological polar surface area (TPSA) is 46.3 Å². The first kappa shape index (κ1) is 17.3. The number of alkyl halides is 3. The molecule has 2 N–H and O–H groups in total. The minimum absolute atomic E-state index is 0.0375. The fourth-order valence-corrected chi connectivity index (χ4v) is 1.82. The molecule has 0 aliphatic rings. The average molecular weight is 306 g/mol. The molecule has 0 aliphatic heterocycles. The molecular formula is C14H18F4N2O. The molecule has 1 aromatic rings. The zero-order valence-corrected chi connectivity index (χ0v) is 11.9. The van der Waals surface area contributed by atoms with Crippen molar-refractivity contribution in [1.82, 2.24) is 4.90 Å². The van der Waals surface area contributed by atoms with Crippen molar-refractivity contribution in [1.29, 1.82) is 0 Å². The minimum Gasteiger partial charge on any atom is -0.398 e. The van der Waals surface area contributed by atoms with Gasteiger partial charge in [0.05, 0.1) is 0 Å². The van der Waals surface area contributed by atoms with Gasteiger partial charge in [0.25, 0.3) is 5.91 Å². The summed E-state index contributed by atoms with van der Waals surface area (Å²) >= 11 is 0. The van der Waals surface area contributed by atoms with Crippen molar-refractivity contribution in [2.75, 3.05) is 18.8 Å². The Hall–Kier alpha value is -1.79. The summed E-state index contributed by atoms with van der Waals surface area (Å²) in [6.45, 7) is 1.84. The largest absolute Gasteiger partial charge is 0.406 e. The number of hydrogen-bond acceptors (Lipinski definition) is 2. The molecule has 0 bridgehead atoms. The van der Waals surface area contributed by atoms with Crippen molar-refractivity contribution < 1.29 is 22.4 Å². The summed E-state index contributed by atoms with van der Waals surface area (Å²) in [6.07, 6.45) is -3.42. The number of anilines is 1. The summed E-state index contributed by atoms with van der Waals surface area (Å²) in [4.78, 5) is 12.8. The molecule has 1 aromatic carbocycles. The van der Waals surface area contributed by atoms with E-state index in [0.29, 0.717) is 17.7 Å². The molecule has 1 rings (SSSR count). The third kappa shape index (κ3) is 4.91. The van der Waals surface area contributed by atoms with Gasteiger partial charge >= 0.3 is 6.18 Å². The van der Waals surface area contributed by atoms with Gasteiger partial charge in [-0.1, -0.05) is 13.3 Å². The predicted molar refractivity (Wildman–Crippen MR) is 72.4 cm³/mol. The van der Waals surface area contributed by atoms with Gasteiger partial charge in [-0.05, 0) is 25.5 Å². The van der Waals surface area contributed by atoms with Gasteiger partial charge in [0, 0.05) is 23.4 Å². The third-order valence-electron chi connectivity index (χ3n) is 3.07. The first-order chi connectivity index (χ1) is 9.65. The van der Waals surface area contributed by atoms with E-state index in [1.165, 1.54) is 13.0 Å². The second-order valence-electron chi connectivity index (χ2n) is 4.87. The summed E-state index contributed by atoms with van der Waals surface area (Å²) < 4.78 is 51.2. The Balaban J connectivity index is 3.04. The van der Waals surface area contributed by atoms with Crippen LogP contribution in [0.2, 0.25) is 0 Å². The number of amides is 1. The molecule has 0 aromatic heterocycles. The predicted octanol–water partition coefficient (Wildman–Crippen LogP) is 3.52. The van der Waals surface area contributed by atoms with Crippen LogP contribution >= 0.6 is 0 Å². The van der Waals surface area contributed by atoms with Crippen LogP contribution in [0.25, 0.3) is 0 Å². The first-order valence-electron chi connectivity index (χ1n) is 6.57. The van der Waals surface area contributed by atoms with Crippen LogP contribution in [0.3, 0.4) is 0 Å². The summed E-state index contributed by atoms with van der Waals surface area (Å²) in [7, 11) is 0. The molecule has 0 fully saturated rings. The Morgan fingerprint density at radius 1 is 1.33 bits per heavy atom. The van der Waals surface area contributed by atoms with E-state index in [-0.39, 0.29) is 23.4 Å². The van der Waals surface area contributed by atoms with Crippen LogP contribution in [0.1, 0.15) is 35.7 Å². The van der Waals surface area contributed by atoms with Crippen LogP contribution in [-0.2, 0) is 0 Å². The van der Waals surface area contributed by atoms with Crippen molar-refractivity contribution in [3.63, 3.8) is 0 Å². The van der Waals surface area contributed by atoms with E-state index in [1.807, 2.05) is 0 Å². The van der Waals surface area contributed by atoms with Crippen LogP contribution in [0.15, 0.2) is 12.1 Å². The van der Waals surface area contributed by atoms with Crippen molar-refractivity contribution in [2.24, 2.45) is 0 Å². The Morgan fingerprint density at radius 3 is 2.43 bits per heavy atom. The summed E-state index contributed by atoms with van der Waals surface area (Å²) in [5.41, 5.74) is 5.59. The van der Waals surface area contributed by atoms with Gasteiger partial charge in [-0.15, -0.1) is 0 Å². The molecule has 0 atom stereocenters. The second-order valence-corrected chi connectivity index (χ2v) is 4.87. The monoisotopic (exact) mass is 306 g/mol. The molecule has 0 heterocycles. The lowest BCUT2D eigenvalue weighted by atomic mass is 10.1. The van der Waals surface area contributed by atoms with E-state index < -0.39 is 24.4 Å². The molecule has 7 heteroatoms. The van der Waals surface area contributed by atoms with Gasteiger partial charge in [-0.3, -0.25) is 4.79 Å². The number of benzene rings is 1. The van der Waals surface area contributed by atoms with E-state index in [9.17, 15) is 22.4 Å². The zero-order chi connectivity index (χ0) is 16.2. The number of rotatable bonds is 5. The molecule has 0 spiro atoms. The van der Waals surface area contributed by atoms with Gasteiger partial charge in [0.15, 0.2) is 0 Å². The standard InChI is InChI=1S/C14H18F4N2O/c1-3-4-5-20(8-14(16,17)18)13(21)10-6-11(15)9(2)12(19)7-10/h6-7H,3-5,8,19H2,1-2H3.